The van der Waals surface area contributed by atoms with Crippen molar-refractivity contribution in [3.05, 3.63) is 64.3 Å². The highest BCUT2D eigenvalue weighted by Gasteiger charge is 2.20. The Labute approximate surface area is 165 Å². The van der Waals surface area contributed by atoms with Crippen molar-refractivity contribution < 1.29 is 14.3 Å². The lowest BCUT2D eigenvalue weighted by molar-refractivity contribution is -0.115. The lowest BCUT2D eigenvalue weighted by atomic mass is 10.2. The maximum absolute atomic E-state index is 12.4. The number of hydrogen-bond acceptors (Lipinski definition) is 4. The van der Waals surface area contributed by atoms with E-state index in [0.717, 1.165) is 20.9 Å². The number of aromatic amines is 1. The van der Waals surface area contributed by atoms with E-state index in [1.165, 1.54) is 0 Å². The van der Waals surface area contributed by atoms with Gasteiger partial charge >= 0.3 is 5.97 Å². The average Bonchev–Trinajstić information content (AvgIpc) is 3.00. The first kappa shape index (κ1) is 19.1. The molecule has 0 unspecified atom stereocenters. The second-order valence-electron chi connectivity index (χ2n) is 5.92. The summed E-state index contributed by atoms with van der Waals surface area (Å²) in [5, 5.41) is 6.67. The number of esters is 1. The molecule has 3 aromatic rings. The Balaban J connectivity index is 1.75. The molecule has 140 valence electrons. The molecule has 3 N–H and O–H groups in total. The molecule has 0 saturated heterocycles. The van der Waals surface area contributed by atoms with E-state index >= 15 is 0 Å². The third-order valence-corrected chi connectivity index (χ3v) is 4.46. The Morgan fingerprint density at radius 2 is 1.93 bits per heavy atom. The lowest BCUT2D eigenvalue weighted by Crippen LogP contribution is -2.28. The van der Waals surface area contributed by atoms with Gasteiger partial charge in [-0.25, -0.2) is 4.79 Å². The number of benzene rings is 2. The van der Waals surface area contributed by atoms with Gasteiger partial charge in [0.05, 0.1) is 18.8 Å². The van der Waals surface area contributed by atoms with Gasteiger partial charge in [0, 0.05) is 21.9 Å². The molecular weight excluding hydrogens is 410 g/mol. The number of H-pyrrole nitrogens is 1. The Hall–Kier alpha value is -2.64. The number of hydrogen-bond donors (Lipinski definition) is 3. The van der Waals surface area contributed by atoms with Crippen molar-refractivity contribution in [3.8, 4) is 0 Å². The minimum Gasteiger partial charge on any atom is -0.461 e. The lowest BCUT2D eigenvalue weighted by Gasteiger charge is -2.08. The minimum absolute atomic E-state index is 0.123. The predicted molar refractivity (Wildman–Crippen MR) is 109 cm³/mol. The van der Waals surface area contributed by atoms with Crippen molar-refractivity contribution in [1.82, 2.24) is 10.3 Å². The molecule has 0 aliphatic rings. The van der Waals surface area contributed by atoms with Gasteiger partial charge in [0.25, 0.3) is 0 Å². The molecule has 0 radical (unpaired) electrons. The van der Waals surface area contributed by atoms with E-state index < -0.39 is 5.97 Å². The molecule has 3 rings (SSSR count). The zero-order chi connectivity index (χ0) is 19.2. The molecule has 0 aliphatic carbocycles. The standard InChI is InChI=1S/C20H20BrN3O3/c1-2-27-20(26)19-18(15-10-14(21)8-9-16(15)23-19)24-17(25)12-22-11-13-6-4-3-5-7-13/h3-10,22-23H,2,11-12H2,1H3,(H,24,25). The zero-order valence-corrected chi connectivity index (χ0v) is 16.4. The van der Waals surface area contributed by atoms with Crippen LogP contribution in [0, 0.1) is 0 Å². The van der Waals surface area contributed by atoms with Gasteiger partial charge in [0.1, 0.15) is 5.69 Å². The highest BCUT2D eigenvalue weighted by Crippen LogP contribution is 2.30. The molecule has 0 bridgehead atoms. The molecule has 6 nitrogen and oxygen atoms in total. The maximum atomic E-state index is 12.4. The van der Waals surface area contributed by atoms with Crippen LogP contribution in [0.1, 0.15) is 23.0 Å². The van der Waals surface area contributed by atoms with Gasteiger partial charge in [-0.05, 0) is 30.7 Å². The number of halogens is 1. The van der Waals surface area contributed by atoms with E-state index in [1.807, 2.05) is 48.5 Å². The molecular formula is C20H20BrN3O3. The topological polar surface area (TPSA) is 83.2 Å². The Morgan fingerprint density at radius 3 is 2.67 bits per heavy atom. The van der Waals surface area contributed by atoms with Crippen LogP contribution in [0.3, 0.4) is 0 Å². The number of ether oxygens (including phenoxy) is 1. The summed E-state index contributed by atoms with van der Waals surface area (Å²) >= 11 is 3.42. The van der Waals surface area contributed by atoms with Crippen LogP contribution in [0.4, 0.5) is 5.69 Å². The molecule has 1 amide bonds. The summed E-state index contributed by atoms with van der Waals surface area (Å²) in [6.45, 7) is 2.70. The molecule has 0 saturated carbocycles. The molecule has 0 aliphatic heterocycles. The van der Waals surface area contributed by atoms with Crippen LogP contribution in [0.25, 0.3) is 10.9 Å². The van der Waals surface area contributed by atoms with Gasteiger partial charge in [0.15, 0.2) is 0 Å². The van der Waals surface area contributed by atoms with E-state index in [0.29, 0.717) is 12.2 Å². The maximum Gasteiger partial charge on any atom is 0.356 e. The van der Waals surface area contributed by atoms with Gasteiger partial charge in [-0.1, -0.05) is 46.3 Å². The van der Waals surface area contributed by atoms with Crippen molar-refractivity contribution in [2.45, 2.75) is 13.5 Å². The van der Waals surface area contributed by atoms with E-state index in [-0.39, 0.29) is 24.8 Å². The average molecular weight is 430 g/mol. The fourth-order valence-corrected chi connectivity index (χ4v) is 3.11. The highest BCUT2D eigenvalue weighted by molar-refractivity contribution is 9.10. The SMILES string of the molecule is CCOC(=O)c1[nH]c2ccc(Br)cc2c1NC(=O)CNCc1ccccc1. The normalized spacial score (nSPS) is 10.7. The molecule has 27 heavy (non-hydrogen) atoms. The van der Waals surface area contributed by atoms with Gasteiger partial charge in [-0.3, -0.25) is 4.79 Å². The van der Waals surface area contributed by atoms with Crippen LogP contribution in [0.5, 0.6) is 0 Å². The van der Waals surface area contributed by atoms with Gasteiger partial charge in [0.2, 0.25) is 5.91 Å². The summed E-state index contributed by atoms with van der Waals surface area (Å²) in [6, 6.07) is 15.4. The summed E-state index contributed by atoms with van der Waals surface area (Å²) in [7, 11) is 0. The number of aromatic nitrogens is 1. The van der Waals surface area contributed by atoms with Crippen LogP contribution >= 0.6 is 15.9 Å². The van der Waals surface area contributed by atoms with E-state index in [9.17, 15) is 9.59 Å². The first-order valence-electron chi connectivity index (χ1n) is 8.61. The van der Waals surface area contributed by atoms with Crippen molar-refractivity contribution >= 4 is 44.4 Å². The Morgan fingerprint density at radius 1 is 1.15 bits per heavy atom. The highest BCUT2D eigenvalue weighted by atomic mass is 79.9. The Bertz CT molecular complexity index is 954. The molecule has 7 heteroatoms. The Kier molecular flexibility index (Phi) is 6.26. The monoisotopic (exact) mass is 429 g/mol. The van der Waals surface area contributed by atoms with Crippen LogP contribution < -0.4 is 10.6 Å². The van der Waals surface area contributed by atoms with Crippen LogP contribution in [0.15, 0.2) is 53.0 Å². The second-order valence-corrected chi connectivity index (χ2v) is 6.84. The van der Waals surface area contributed by atoms with Crippen molar-refractivity contribution in [2.24, 2.45) is 0 Å². The number of anilines is 1. The molecule has 0 atom stereocenters. The van der Waals surface area contributed by atoms with Gasteiger partial charge in [-0.15, -0.1) is 0 Å². The molecule has 1 aromatic heterocycles. The largest absolute Gasteiger partial charge is 0.461 e. The number of fused-ring (bicyclic) bond motifs is 1. The summed E-state index contributed by atoms with van der Waals surface area (Å²) in [6.07, 6.45) is 0. The summed E-state index contributed by atoms with van der Waals surface area (Å²) in [5.74, 6) is -0.741. The summed E-state index contributed by atoms with van der Waals surface area (Å²) in [5.41, 5.74) is 2.50. The number of nitrogens with one attached hydrogen (secondary N) is 3. The second kappa shape index (κ2) is 8.83. The first-order valence-corrected chi connectivity index (χ1v) is 9.40. The third-order valence-electron chi connectivity index (χ3n) is 3.96. The van der Waals surface area contributed by atoms with Crippen molar-refractivity contribution in [3.63, 3.8) is 0 Å². The fourth-order valence-electron chi connectivity index (χ4n) is 2.75. The van der Waals surface area contributed by atoms with Crippen LogP contribution in [0.2, 0.25) is 0 Å². The number of carbonyl (C=O) groups is 2. The molecule has 1 heterocycles. The van der Waals surface area contributed by atoms with E-state index in [4.69, 9.17) is 4.74 Å². The zero-order valence-electron chi connectivity index (χ0n) is 14.8. The van der Waals surface area contributed by atoms with E-state index in [1.54, 1.807) is 6.92 Å². The summed E-state index contributed by atoms with van der Waals surface area (Å²) < 4.78 is 5.95. The van der Waals surface area contributed by atoms with Crippen molar-refractivity contribution in [2.75, 3.05) is 18.5 Å². The van der Waals surface area contributed by atoms with Crippen molar-refractivity contribution in [1.29, 1.82) is 0 Å². The quantitative estimate of drug-likeness (QED) is 0.498. The van der Waals surface area contributed by atoms with E-state index in [2.05, 4.69) is 31.5 Å². The predicted octanol–water partition coefficient (Wildman–Crippen LogP) is 3.84. The summed E-state index contributed by atoms with van der Waals surface area (Å²) in [4.78, 5) is 27.7. The number of amides is 1. The third kappa shape index (κ3) is 4.75. The number of carbonyl (C=O) groups excluding carboxylic acids is 2. The first-order chi connectivity index (χ1) is 13.1. The van der Waals surface area contributed by atoms with Gasteiger partial charge in [-0.2, -0.15) is 0 Å². The van der Waals surface area contributed by atoms with Crippen LogP contribution in [-0.2, 0) is 16.1 Å². The number of rotatable bonds is 7. The van der Waals surface area contributed by atoms with Gasteiger partial charge < -0.3 is 20.4 Å². The van der Waals surface area contributed by atoms with Crippen LogP contribution in [-0.4, -0.2) is 30.0 Å². The molecule has 0 fully saturated rings. The molecule has 0 spiro atoms. The molecule has 2 aromatic carbocycles. The fraction of sp³-hybridized carbons (Fsp3) is 0.200. The minimum atomic E-state index is -0.502. The smallest absolute Gasteiger partial charge is 0.356 e.